The van der Waals surface area contributed by atoms with E-state index in [1.165, 1.54) is 5.56 Å². The third-order valence-electron chi connectivity index (χ3n) is 3.16. The lowest BCUT2D eigenvalue weighted by Crippen LogP contribution is -2.00. The number of hydrogen-bond acceptors (Lipinski definition) is 2. The Morgan fingerprint density at radius 1 is 1.12 bits per heavy atom. The zero-order valence-corrected chi connectivity index (χ0v) is 10.1. The number of aromatic amines is 1. The van der Waals surface area contributed by atoms with Gasteiger partial charge in [0.15, 0.2) is 6.10 Å². The Bertz CT molecular complexity index is 508. The van der Waals surface area contributed by atoms with E-state index in [0.717, 1.165) is 22.7 Å². The van der Waals surface area contributed by atoms with Crippen LogP contribution in [-0.4, -0.2) is 10.1 Å². The predicted molar refractivity (Wildman–Crippen MR) is 62.5 cm³/mol. The number of rotatable bonds is 2. The maximum absolute atomic E-state index is 10.2. The zero-order valence-electron chi connectivity index (χ0n) is 10.1. The van der Waals surface area contributed by atoms with Crippen LogP contribution < -0.4 is 0 Å². The molecule has 3 nitrogen and oxygen atoms in total. The average Bonchev–Trinajstić information content (AvgIpc) is 2.78. The molecule has 0 spiro atoms. The van der Waals surface area contributed by atoms with Gasteiger partial charge in [0.1, 0.15) is 11.5 Å². The Kier molecular flexibility index (Phi) is 2.64. The number of aliphatic hydroxyl groups excluding tert-OH is 1. The van der Waals surface area contributed by atoms with Crippen LogP contribution in [0.15, 0.2) is 16.5 Å². The highest BCUT2D eigenvalue weighted by Gasteiger charge is 2.19. The SMILES string of the molecule is Cc1ccc(C(O)c2[nH]c(C)c(C)c2C)o1. The molecule has 0 aromatic carbocycles. The van der Waals surface area contributed by atoms with Crippen molar-refractivity contribution in [3.63, 3.8) is 0 Å². The normalized spacial score (nSPS) is 13.1. The minimum Gasteiger partial charge on any atom is -0.463 e. The van der Waals surface area contributed by atoms with Crippen molar-refractivity contribution < 1.29 is 9.52 Å². The van der Waals surface area contributed by atoms with Gasteiger partial charge in [-0.05, 0) is 51.0 Å². The van der Waals surface area contributed by atoms with Crippen LogP contribution in [0.4, 0.5) is 0 Å². The van der Waals surface area contributed by atoms with E-state index in [0.29, 0.717) is 5.76 Å². The molecule has 2 rings (SSSR count). The Morgan fingerprint density at radius 3 is 2.25 bits per heavy atom. The molecule has 86 valence electrons. The van der Waals surface area contributed by atoms with Crippen molar-refractivity contribution >= 4 is 0 Å². The highest BCUT2D eigenvalue weighted by molar-refractivity contribution is 5.37. The highest BCUT2D eigenvalue weighted by atomic mass is 16.4. The second kappa shape index (κ2) is 3.83. The fourth-order valence-corrected chi connectivity index (χ4v) is 1.89. The van der Waals surface area contributed by atoms with Crippen LogP contribution >= 0.6 is 0 Å². The van der Waals surface area contributed by atoms with E-state index in [2.05, 4.69) is 4.98 Å². The predicted octanol–water partition coefficient (Wildman–Crippen LogP) is 2.92. The molecule has 2 aromatic heterocycles. The topological polar surface area (TPSA) is 49.2 Å². The minimum atomic E-state index is -0.707. The Labute approximate surface area is 95.1 Å². The number of hydrogen-bond donors (Lipinski definition) is 2. The van der Waals surface area contributed by atoms with E-state index in [1.807, 2.05) is 39.8 Å². The van der Waals surface area contributed by atoms with Gasteiger partial charge in [-0.15, -0.1) is 0 Å². The molecule has 0 aliphatic heterocycles. The van der Waals surface area contributed by atoms with Crippen LogP contribution in [0.1, 0.15) is 40.1 Å². The van der Waals surface area contributed by atoms with Crippen molar-refractivity contribution in [3.8, 4) is 0 Å². The molecule has 0 aliphatic carbocycles. The first-order chi connectivity index (χ1) is 7.50. The molecular weight excluding hydrogens is 202 g/mol. The van der Waals surface area contributed by atoms with Crippen LogP contribution in [0.3, 0.4) is 0 Å². The first-order valence-corrected chi connectivity index (χ1v) is 5.40. The summed E-state index contributed by atoms with van der Waals surface area (Å²) in [7, 11) is 0. The number of aromatic nitrogens is 1. The molecule has 0 fully saturated rings. The summed E-state index contributed by atoms with van der Waals surface area (Å²) >= 11 is 0. The fraction of sp³-hybridized carbons (Fsp3) is 0.385. The molecule has 1 atom stereocenters. The molecule has 0 aliphatic rings. The molecular formula is C13H17NO2. The molecule has 0 saturated carbocycles. The number of aryl methyl sites for hydroxylation is 2. The summed E-state index contributed by atoms with van der Waals surface area (Å²) in [5.41, 5.74) is 4.20. The van der Waals surface area contributed by atoms with Crippen LogP contribution in [0.5, 0.6) is 0 Å². The van der Waals surface area contributed by atoms with Crippen LogP contribution in [0, 0.1) is 27.7 Å². The van der Waals surface area contributed by atoms with Crippen molar-refractivity contribution in [2.45, 2.75) is 33.8 Å². The number of nitrogens with one attached hydrogen (secondary N) is 1. The molecule has 0 saturated heterocycles. The second-order valence-electron chi connectivity index (χ2n) is 4.26. The highest BCUT2D eigenvalue weighted by Crippen LogP contribution is 2.28. The Hall–Kier alpha value is -1.48. The lowest BCUT2D eigenvalue weighted by atomic mass is 10.1. The third-order valence-corrected chi connectivity index (χ3v) is 3.16. The van der Waals surface area contributed by atoms with Crippen LogP contribution in [0.2, 0.25) is 0 Å². The van der Waals surface area contributed by atoms with Crippen LogP contribution in [0.25, 0.3) is 0 Å². The molecule has 2 aromatic rings. The van der Waals surface area contributed by atoms with Crippen molar-refractivity contribution in [1.82, 2.24) is 4.98 Å². The smallest absolute Gasteiger partial charge is 0.151 e. The van der Waals surface area contributed by atoms with Crippen molar-refractivity contribution in [2.75, 3.05) is 0 Å². The number of H-pyrrole nitrogens is 1. The average molecular weight is 219 g/mol. The molecule has 1 unspecified atom stereocenters. The van der Waals surface area contributed by atoms with Crippen molar-refractivity contribution in [3.05, 3.63) is 46.2 Å². The van der Waals surface area contributed by atoms with Crippen molar-refractivity contribution in [1.29, 1.82) is 0 Å². The van der Waals surface area contributed by atoms with Gasteiger partial charge in [-0.1, -0.05) is 0 Å². The lowest BCUT2D eigenvalue weighted by Gasteiger charge is -2.07. The van der Waals surface area contributed by atoms with Gasteiger partial charge in [-0.2, -0.15) is 0 Å². The van der Waals surface area contributed by atoms with Gasteiger partial charge in [-0.25, -0.2) is 0 Å². The first kappa shape index (κ1) is 11.0. The van der Waals surface area contributed by atoms with Crippen LogP contribution in [-0.2, 0) is 0 Å². The molecule has 3 heteroatoms. The van der Waals surface area contributed by atoms with E-state index in [-0.39, 0.29) is 0 Å². The van der Waals surface area contributed by atoms with Gasteiger partial charge in [0.25, 0.3) is 0 Å². The summed E-state index contributed by atoms with van der Waals surface area (Å²) in [5, 5.41) is 10.2. The van der Waals surface area contributed by atoms with Gasteiger partial charge in [-0.3, -0.25) is 0 Å². The molecule has 2 heterocycles. The summed E-state index contributed by atoms with van der Waals surface area (Å²) in [6.07, 6.45) is -0.707. The van der Waals surface area contributed by atoms with E-state index in [4.69, 9.17) is 4.42 Å². The summed E-state index contributed by atoms with van der Waals surface area (Å²) < 4.78 is 5.43. The standard InChI is InChI=1S/C13H17NO2/c1-7-5-6-11(16-7)13(15)12-9(3)8(2)10(4)14-12/h5-6,13-15H,1-4H3. The summed E-state index contributed by atoms with van der Waals surface area (Å²) in [5.74, 6) is 1.40. The largest absolute Gasteiger partial charge is 0.463 e. The molecule has 0 radical (unpaired) electrons. The summed E-state index contributed by atoms with van der Waals surface area (Å²) in [4.78, 5) is 3.21. The minimum absolute atomic E-state index is 0.585. The Morgan fingerprint density at radius 2 is 1.81 bits per heavy atom. The van der Waals surface area contributed by atoms with Gasteiger partial charge in [0.2, 0.25) is 0 Å². The molecule has 16 heavy (non-hydrogen) atoms. The summed E-state index contributed by atoms with van der Waals surface area (Å²) in [6.45, 7) is 7.93. The second-order valence-corrected chi connectivity index (χ2v) is 4.26. The molecule has 2 N–H and O–H groups in total. The quantitative estimate of drug-likeness (QED) is 0.815. The lowest BCUT2D eigenvalue weighted by molar-refractivity contribution is 0.183. The monoisotopic (exact) mass is 219 g/mol. The van der Waals surface area contributed by atoms with E-state index in [9.17, 15) is 5.11 Å². The third kappa shape index (κ3) is 1.67. The Balaban J connectivity index is 2.41. The zero-order chi connectivity index (χ0) is 11.9. The van der Waals surface area contributed by atoms with Gasteiger partial charge < -0.3 is 14.5 Å². The van der Waals surface area contributed by atoms with E-state index < -0.39 is 6.10 Å². The van der Waals surface area contributed by atoms with Gasteiger partial charge in [0.05, 0.1) is 5.69 Å². The van der Waals surface area contributed by atoms with E-state index in [1.54, 1.807) is 0 Å². The van der Waals surface area contributed by atoms with Gasteiger partial charge in [0, 0.05) is 5.69 Å². The summed E-state index contributed by atoms with van der Waals surface area (Å²) in [6, 6.07) is 3.67. The van der Waals surface area contributed by atoms with Crippen molar-refractivity contribution in [2.24, 2.45) is 0 Å². The maximum Gasteiger partial charge on any atom is 0.151 e. The molecule has 0 amide bonds. The van der Waals surface area contributed by atoms with Gasteiger partial charge >= 0.3 is 0 Å². The first-order valence-electron chi connectivity index (χ1n) is 5.40. The number of furan rings is 1. The fourth-order valence-electron chi connectivity index (χ4n) is 1.89. The van der Waals surface area contributed by atoms with E-state index >= 15 is 0 Å². The number of aliphatic hydroxyl groups is 1. The molecule has 0 bridgehead atoms. The maximum atomic E-state index is 10.2.